The van der Waals surface area contributed by atoms with Crippen molar-refractivity contribution in [3.05, 3.63) is 59.7 Å². The van der Waals surface area contributed by atoms with Gasteiger partial charge in [0.25, 0.3) is 0 Å². The number of alkyl halides is 1. The molecule has 24 heavy (non-hydrogen) atoms. The summed E-state index contributed by atoms with van der Waals surface area (Å²) < 4.78 is 50.4. The van der Waals surface area contributed by atoms with Gasteiger partial charge in [-0.3, -0.25) is 0 Å². The molecule has 0 aliphatic rings. The molecule has 130 valence electrons. The maximum absolute atomic E-state index is 12.7. The Balaban J connectivity index is 2.34. The van der Waals surface area contributed by atoms with Gasteiger partial charge in [0, 0.05) is 5.88 Å². The maximum Gasteiger partial charge on any atom is 0.183 e. The number of halogens is 1. The first-order chi connectivity index (χ1) is 11.2. The summed E-state index contributed by atoms with van der Waals surface area (Å²) in [4.78, 5) is 0.181. The van der Waals surface area contributed by atoms with Crippen LogP contribution in [0.15, 0.2) is 58.3 Å². The van der Waals surface area contributed by atoms with E-state index in [0.29, 0.717) is 0 Å². The van der Waals surface area contributed by atoms with E-state index < -0.39 is 30.7 Å². The number of hydrogen-bond acceptors (Lipinski definition) is 4. The minimum atomic E-state index is -3.83. The van der Waals surface area contributed by atoms with Crippen LogP contribution < -0.4 is 0 Å². The number of benzene rings is 2. The van der Waals surface area contributed by atoms with Gasteiger partial charge in [-0.1, -0.05) is 35.4 Å². The van der Waals surface area contributed by atoms with Crippen LogP contribution in [-0.4, -0.2) is 33.7 Å². The summed E-state index contributed by atoms with van der Waals surface area (Å²) in [6.45, 7) is 3.69. The van der Waals surface area contributed by atoms with Crippen LogP contribution >= 0.6 is 11.6 Å². The topological polar surface area (TPSA) is 68.3 Å². The van der Waals surface area contributed by atoms with E-state index in [-0.39, 0.29) is 15.7 Å². The Bertz CT molecular complexity index is 900. The third-order valence-electron chi connectivity index (χ3n) is 3.75. The van der Waals surface area contributed by atoms with Gasteiger partial charge in [0.05, 0.1) is 20.8 Å². The summed E-state index contributed by atoms with van der Waals surface area (Å²) in [6, 6.07) is 12.6. The van der Waals surface area contributed by atoms with Crippen LogP contribution in [0.25, 0.3) is 0 Å². The molecule has 0 aliphatic carbocycles. The molecule has 0 amide bonds. The van der Waals surface area contributed by atoms with E-state index in [0.717, 1.165) is 11.1 Å². The molecule has 2 rings (SSSR count). The number of aryl methyl sites for hydroxylation is 2. The molecule has 4 nitrogen and oxygen atoms in total. The monoisotopic (exact) mass is 386 g/mol. The van der Waals surface area contributed by atoms with E-state index in [4.69, 9.17) is 11.6 Å². The first-order valence-corrected chi connectivity index (χ1v) is 11.1. The predicted molar refractivity (Wildman–Crippen MR) is 96.1 cm³/mol. The summed E-state index contributed by atoms with van der Waals surface area (Å²) in [5, 5.41) is -1.20. The molecule has 0 spiro atoms. The van der Waals surface area contributed by atoms with Crippen molar-refractivity contribution in [1.82, 2.24) is 0 Å². The second-order valence-electron chi connectivity index (χ2n) is 5.73. The Kier molecular flexibility index (Phi) is 5.73. The van der Waals surface area contributed by atoms with Crippen LogP contribution in [0.3, 0.4) is 0 Å². The van der Waals surface area contributed by atoms with E-state index in [2.05, 4.69) is 0 Å². The lowest BCUT2D eigenvalue weighted by Gasteiger charge is -2.16. The fourth-order valence-corrected chi connectivity index (χ4v) is 6.63. The Labute approximate surface area is 148 Å². The number of sulfone groups is 2. The van der Waals surface area contributed by atoms with Gasteiger partial charge < -0.3 is 0 Å². The van der Waals surface area contributed by atoms with Crippen molar-refractivity contribution in [3.8, 4) is 0 Å². The quantitative estimate of drug-likeness (QED) is 0.715. The van der Waals surface area contributed by atoms with Gasteiger partial charge in [-0.15, -0.1) is 11.6 Å². The smallest absolute Gasteiger partial charge is 0.183 e. The van der Waals surface area contributed by atoms with E-state index in [1.165, 1.54) is 24.3 Å². The van der Waals surface area contributed by atoms with Crippen molar-refractivity contribution >= 4 is 31.3 Å². The SMILES string of the molecule is Cc1ccc(S(=O)(=O)C[C@H](CCl)S(=O)(=O)c2ccc(C)cc2)cc1. The molecule has 0 saturated carbocycles. The van der Waals surface area contributed by atoms with Gasteiger partial charge in [-0.25, -0.2) is 16.8 Å². The van der Waals surface area contributed by atoms with Crippen LogP contribution in [-0.2, 0) is 19.7 Å². The van der Waals surface area contributed by atoms with E-state index >= 15 is 0 Å². The summed E-state index contributed by atoms with van der Waals surface area (Å²) >= 11 is 5.81. The van der Waals surface area contributed by atoms with Crippen molar-refractivity contribution in [1.29, 1.82) is 0 Å². The van der Waals surface area contributed by atoms with E-state index in [1.54, 1.807) is 24.3 Å². The second-order valence-corrected chi connectivity index (χ2v) is 10.3. The lowest BCUT2D eigenvalue weighted by atomic mass is 10.2. The average molecular weight is 387 g/mol. The third-order valence-corrected chi connectivity index (χ3v) is 8.48. The molecule has 0 unspecified atom stereocenters. The highest BCUT2D eigenvalue weighted by molar-refractivity contribution is 7.95. The second kappa shape index (κ2) is 7.25. The van der Waals surface area contributed by atoms with Gasteiger partial charge in [0.1, 0.15) is 0 Å². The molecule has 1 atom stereocenters. The Morgan fingerprint density at radius 3 is 1.62 bits per heavy atom. The Hall–Kier alpha value is -1.37. The minimum absolute atomic E-state index is 0.0813. The third kappa shape index (κ3) is 4.18. The molecular weight excluding hydrogens is 368 g/mol. The molecule has 0 fully saturated rings. The van der Waals surface area contributed by atoms with Gasteiger partial charge in [-0.2, -0.15) is 0 Å². The maximum atomic E-state index is 12.7. The molecule has 0 aliphatic heterocycles. The largest absolute Gasteiger partial charge is 0.224 e. The van der Waals surface area contributed by atoms with Gasteiger partial charge in [0.2, 0.25) is 0 Å². The summed E-state index contributed by atoms with van der Waals surface area (Å²) in [6.07, 6.45) is 0. The van der Waals surface area contributed by atoms with Crippen LogP contribution in [0.4, 0.5) is 0 Å². The first-order valence-electron chi connectivity index (χ1n) is 7.33. The Morgan fingerprint density at radius 1 is 0.792 bits per heavy atom. The lowest BCUT2D eigenvalue weighted by Crippen LogP contribution is -2.31. The fourth-order valence-electron chi connectivity index (χ4n) is 2.22. The van der Waals surface area contributed by atoms with Crippen molar-refractivity contribution in [2.75, 3.05) is 11.6 Å². The first kappa shape index (κ1) is 19.0. The zero-order valence-corrected chi connectivity index (χ0v) is 15.8. The van der Waals surface area contributed by atoms with E-state index in [9.17, 15) is 16.8 Å². The van der Waals surface area contributed by atoms with Crippen molar-refractivity contribution in [3.63, 3.8) is 0 Å². The lowest BCUT2D eigenvalue weighted by molar-refractivity contribution is 0.577. The molecule has 0 aromatic heterocycles. The minimum Gasteiger partial charge on any atom is -0.224 e. The normalized spacial score (nSPS) is 13.6. The molecule has 2 aromatic carbocycles. The summed E-state index contributed by atoms with van der Waals surface area (Å²) in [5.74, 6) is -0.836. The molecule has 0 radical (unpaired) electrons. The van der Waals surface area contributed by atoms with Gasteiger partial charge in [0.15, 0.2) is 19.7 Å². The highest BCUT2D eigenvalue weighted by Gasteiger charge is 2.32. The number of hydrogen-bond donors (Lipinski definition) is 0. The molecule has 0 saturated heterocycles. The van der Waals surface area contributed by atoms with Crippen LogP contribution in [0, 0.1) is 13.8 Å². The van der Waals surface area contributed by atoms with Gasteiger partial charge >= 0.3 is 0 Å². The fraction of sp³-hybridized carbons (Fsp3) is 0.294. The zero-order valence-electron chi connectivity index (χ0n) is 13.4. The van der Waals surface area contributed by atoms with Crippen molar-refractivity contribution in [2.24, 2.45) is 0 Å². The zero-order chi connectivity index (χ0) is 18.0. The summed E-state index contributed by atoms with van der Waals surface area (Å²) in [7, 11) is -7.58. The molecule has 2 aromatic rings. The average Bonchev–Trinajstić information content (AvgIpc) is 2.53. The summed E-state index contributed by atoms with van der Waals surface area (Å²) in [5.41, 5.74) is 1.85. The highest BCUT2D eigenvalue weighted by atomic mass is 35.5. The van der Waals surface area contributed by atoms with Crippen molar-refractivity contribution < 1.29 is 16.8 Å². The van der Waals surface area contributed by atoms with Crippen LogP contribution in [0.1, 0.15) is 11.1 Å². The molecule has 0 heterocycles. The highest BCUT2D eigenvalue weighted by Crippen LogP contribution is 2.22. The molecular formula is C17H19ClO4S2. The van der Waals surface area contributed by atoms with Gasteiger partial charge in [-0.05, 0) is 38.1 Å². The predicted octanol–water partition coefficient (Wildman–Crippen LogP) is 3.16. The number of rotatable bonds is 6. The molecule has 0 bridgehead atoms. The van der Waals surface area contributed by atoms with E-state index in [1.807, 2.05) is 13.8 Å². The molecule has 7 heteroatoms. The van der Waals surface area contributed by atoms with Crippen LogP contribution in [0.5, 0.6) is 0 Å². The van der Waals surface area contributed by atoms with Crippen LogP contribution in [0.2, 0.25) is 0 Å². The standard InChI is InChI=1S/C17H19ClO4S2/c1-13-3-7-15(8-4-13)23(19,20)12-17(11-18)24(21,22)16-9-5-14(2)6-10-16/h3-10,17H,11-12H2,1-2H3/t17-/m0/s1. The van der Waals surface area contributed by atoms with Crippen molar-refractivity contribution in [2.45, 2.75) is 28.9 Å². The molecule has 0 N–H and O–H groups in total. The Morgan fingerprint density at radius 2 is 1.21 bits per heavy atom.